The third-order valence-corrected chi connectivity index (χ3v) is 4.32. The van der Waals surface area contributed by atoms with Crippen LogP contribution < -0.4 is 10.6 Å². The molecule has 2 aromatic rings. The Labute approximate surface area is 171 Å². The molecule has 152 valence electrons. The number of nitrogens with one attached hydrogen (secondary N) is 2. The third kappa shape index (κ3) is 7.62. The highest BCUT2D eigenvalue weighted by molar-refractivity contribution is 5.92. The van der Waals surface area contributed by atoms with Gasteiger partial charge in [-0.05, 0) is 42.7 Å². The Bertz CT molecular complexity index is 871. The summed E-state index contributed by atoms with van der Waals surface area (Å²) in [6.45, 7) is 3.63. The predicted octanol–water partition coefficient (Wildman–Crippen LogP) is 3.11. The minimum absolute atomic E-state index is 0.140. The van der Waals surface area contributed by atoms with Crippen molar-refractivity contribution in [3.8, 4) is 0 Å². The van der Waals surface area contributed by atoms with Crippen LogP contribution in [0.4, 0.5) is 5.69 Å². The van der Waals surface area contributed by atoms with Gasteiger partial charge in [0.15, 0.2) is 0 Å². The number of amides is 2. The van der Waals surface area contributed by atoms with E-state index in [9.17, 15) is 14.4 Å². The summed E-state index contributed by atoms with van der Waals surface area (Å²) >= 11 is 0. The number of hydrogen-bond donors (Lipinski definition) is 2. The molecule has 0 saturated heterocycles. The minimum atomic E-state index is -0.461. The maximum atomic E-state index is 12.1. The summed E-state index contributed by atoms with van der Waals surface area (Å²) < 4.78 is 4.87. The molecule has 29 heavy (non-hydrogen) atoms. The molecule has 0 heterocycles. The lowest BCUT2D eigenvalue weighted by Gasteiger charge is -2.15. The van der Waals surface area contributed by atoms with Gasteiger partial charge in [-0.15, -0.1) is 0 Å². The molecule has 1 unspecified atom stereocenters. The van der Waals surface area contributed by atoms with Crippen LogP contribution >= 0.6 is 0 Å². The fourth-order valence-corrected chi connectivity index (χ4v) is 2.75. The molecule has 1 atom stereocenters. The fourth-order valence-electron chi connectivity index (χ4n) is 2.75. The zero-order chi connectivity index (χ0) is 21.2. The average molecular weight is 394 g/mol. The van der Waals surface area contributed by atoms with Crippen molar-refractivity contribution in [1.29, 1.82) is 0 Å². The molecule has 2 amide bonds. The Hall–Kier alpha value is -3.41. The van der Waals surface area contributed by atoms with Gasteiger partial charge in [0.2, 0.25) is 11.8 Å². The number of hydrogen-bond acceptors (Lipinski definition) is 4. The van der Waals surface area contributed by atoms with Crippen LogP contribution in [-0.2, 0) is 25.5 Å². The summed E-state index contributed by atoms with van der Waals surface area (Å²) in [4.78, 5) is 35.2. The molecule has 0 aliphatic rings. The van der Waals surface area contributed by atoms with E-state index in [1.807, 2.05) is 31.2 Å². The van der Waals surface area contributed by atoms with Crippen LogP contribution in [0, 0.1) is 12.8 Å². The second-order valence-electron chi connectivity index (χ2n) is 6.79. The topological polar surface area (TPSA) is 84.5 Å². The maximum Gasteiger partial charge on any atom is 0.310 e. The number of carbonyl (C=O) groups excluding carboxylic acids is 3. The van der Waals surface area contributed by atoms with Crippen molar-refractivity contribution in [2.45, 2.75) is 20.3 Å². The van der Waals surface area contributed by atoms with Crippen molar-refractivity contribution in [3.63, 3.8) is 0 Å². The largest absolute Gasteiger partial charge is 0.469 e. The van der Waals surface area contributed by atoms with Gasteiger partial charge in [0.05, 0.1) is 13.0 Å². The molecule has 0 radical (unpaired) electrons. The maximum absolute atomic E-state index is 12.1. The molecule has 6 heteroatoms. The summed E-state index contributed by atoms with van der Waals surface area (Å²) in [7, 11) is 1.34. The van der Waals surface area contributed by atoms with Gasteiger partial charge in [-0.1, -0.05) is 42.0 Å². The average Bonchev–Trinajstić information content (AvgIpc) is 2.71. The molecule has 0 fully saturated rings. The first kappa shape index (κ1) is 21.9. The Balaban J connectivity index is 1.91. The van der Waals surface area contributed by atoms with Crippen molar-refractivity contribution < 1.29 is 19.1 Å². The minimum Gasteiger partial charge on any atom is -0.469 e. The van der Waals surface area contributed by atoms with Gasteiger partial charge in [-0.25, -0.2) is 0 Å². The van der Waals surface area contributed by atoms with Crippen LogP contribution in [0.2, 0.25) is 0 Å². The first-order valence-electron chi connectivity index (χ1n) is 9.34. The van der Waals surface area contributed by atoms with Crippen molar-refractivity contribution in [3.05, 3.63) is 71.3 Å². The van der Waals surface area contributed by atoms with E-state index >= 15 is 0 Å². The summed E-state index contributed by atoms with van der Waals surface area (Å²) in [5, 5.41) is 5.44. The van der Waals surface area contributed by atoms with Crippen LogP contribution in [0.3, 0.4) is 0 Å². The van der Waals surface area contributed by atoms with Crippen molar-refractivity contribution >= 4 is 29.5 Å². The first-order valence-corrected chi connectivity index (χ1v) is 9.34. The van der Waals surface area contributed by atoms with Crippen molar-refractivity contribution in [2.75, 3.05) is 19.0 Å². The summed E-state index contributed by atoms with van der Waals surface area (Å²) in [5.74, 6) is -1.26. The van der Waals surface area contributed by atoms with Gasteiger partial charge in [0, 0.05) is 25.2 Å². The Morgan fingerprint density at radius 1 is 1.03 bits per heavy atom. The van der Waals surface area contributed by atoms with E-state index in [1.165, 1.54) is 20.1 Å². The summed E-state index contributed by atoms with van der Waals surface area (Å²) in [6, 6.07) is 15.0. The SMILES string of the molecule is COC(=O)C(CNC(=O)/C=C/c1ccc(NC(C)=O)cc1)Cc1ccc(C)cc1. The first-order chi connectivity index (χ1) is 13.9. The smallest absolute Gasteiger partial charge is 0.310 e. The molecular formula is C23H26N2O4. The monoisotopic (exact) mass is 394 g/mol. The van der Waals surface area contributed by atoms with Crippen molar-refractivity contribution in [2.24, 2.45) is 5.92 Å². The van der Waals surface area contributed by atoms with E-state index in [0.717, 1.165) is 16.7 Å². The van der Waals surface area contributed by atoms with Gasteiger partial charge >= 0.3 is 5.97 Å². The molecule has 0 bridgehead atoms. The lowest BCUT2D eigenvalue weighted by atomic mass is 9.98. The highest BCUT2D eigenvalue weighted by atomic mass is 16.5. The number of aryl methyl sites for hydroxylation is 1. The number of carbonyl (C=O) groups is 3. The molecule has 0 saturated carbocycles. The van der Waals surface area contributed by atoms with E-state index in [0.29, 0.717) is 12.1 Å². The van der Waals surface area contributed by atoms with Gasteiger partial charge in [-0.3, -0.25) is 14.4 Å². The molecule has 2 N–H and O–H groups in total. The fraction of sp³-hybridized carbons (Fsp3) is 0.261. The van der Waals surface area contributed by atoms with Crippen LogP contribution in [0.15, 0.2) is 54.6 Å². The number of benzene rings is 2. The Morgan fingerprint density at radius 3 is 2.28 bits per heavy atom. The van der Waals surface area contributed by atoms with Gasteiger partial charge in [0.25, 0.3) is 0 Å². The third-order valence-electron chi connectivity index (χ3n) is 4.32. The lowest BCUT2D eigenvalue weighted by Crippen LogP contribution is -2.33. The van der Waals surface area contributed by atoms with Gasteiger partial charge in [0.1, 0.15) is 0 Å². The Morgan fingerprint density at radius 2 is 1.69 bits per heavy atom. The van der Waals surface area contributed by atoms with E-state index in [-0.39, 0.29) is 24.3 Å². The van der Waals surface area contributed by atoms with Crippen LogP contribution in [0.5, 0.6) is 0 Å². The zero-order valence-electron chi connectivity index (χ0n) is 16.9. The predicted molar refractivity (Wildman–Crippen MR) is 113 cm³/mol. The van der Waals surface area contributed by atoms with Gasteiger partial charge in [-0.2, -0.15) is 0 Å². The molecule has 2 rings (SSSR count). The Kier molecular flexibility index (Phi) is 8.15. The normalized spacial score (nSPS) is 11.7. The number of rotatable bonds is 8. The van der Waals surface area contributed by atoms with Crippen LogP contribution in [0.1, 0.15) is 23.6 Å². The van der Waals surface area contributed by atoms with Gasteiger partial charge < -0.3 is 15.4 Å². The zero-order valence-corrected chi connectivity index (χ0v) is 16.9. The standard InChI is InChI=1S/C23H26N2O4/c1-16-4-6-19(7-5-16)14-20(23(28)29-3)15-24-22(27)13-10-18-8-11-21(12-9-18)25-17(2)26/h4-13,20H,14-15H2,1-3H3,(H,24,27)(H,25,26)/b13-10+. The molecule has 0 aliphatic heterocycles. The highest BCUT2D eigenvalue weighted by Gasteiger charge is 2.20. The molecule has 0 spiro atoms. The molecular weight excluding hydrogens is 368 g/mol. The van der Waals surface area contributed by atoms with Crippen LogP contribution in [0.25, 0.3) is 6.08 Å². The second kappa shape index (κ2) is 10.8. The van der Waals surface area contributed by atoms with Crippen molar-refractivity contribution in [1.82, 2.24) is 5.32 Å². The highest BCUT2D eigenvalue weighted by Crippen LogP contribution is 2.12. The molecule has 6 nitrogen and oxygen atoms in total. The number of esters is 1. The number of methoxy groups -OCH3 is 1. The van der Waals surface area contributed by atoms with E-state index in [4.69, 9.17) is 4.74 Å². The van der Waals surface area contributed by atoms with E-state index in [2.05, 4.69) is 10.6 Å². The second-order valence-corrected chi connectivity index (χ2v) is 6.79. The van der Waals surface area contributed by atoms with Crippen LogP contribution in [-0.4, -0.2) is 31.4 Å². The quantitative estimate of drug-likeness (QED) is 0.532. The molecule has 2 aromatic carbocycles. The van der Waals surface area contributed by atoms with E-state index in [1.54, 1.807) is 30.3 Å². The number of ether oxygens (including phenoxy) is 1. The lowest BCUT2D eigenvalue weighted by molar-refractivity contribution is -0.145. The summed E-state index contributed by atoms with van der Waals surface area (Å²) in [6.07, 6.45) is 3.56. The number of anilines is 1. The summed E-state index contributed by atoms with van der Waals surface area (Å²) in [5.41, 5.74) is 3.66. The van der Waals surface area contributed by atoms with E-state index < -0.39 is 5.92 Å². The molecule has 0 aliphatic carbocycles. The molecule has 0 aromatic heterocycles.